The summed E-state index contributed by atoms with van der Waals surface area (Å²) in [5.74, 6) is 1.46. The van der Waals surface area contributed by atoms with Gasteiger partial charge in [-0.25, -0.2) is 0 Å². The highest BCUT2D eigenvalue weighted by atomic mass is 35.5. The molecule has 2 atom stereocenters. The minimum Gasteiger partial charge on any atom is -0.122 e. The zero-order valence-corrected chi connectivity index (χ0v) is 9.50. The van der Waals surface area contributed by atoms with Crippen LogP contribution in [0.4, 0.5) is 0 Å². The third-order valence-electron chi connectivity index (χ3n) is 3.93. The van der Waals surface area contributed by atoms with Crippen LogP contribution in [-0.2, 0) is 11.3 Å². The van der Waals surface area contributed by atoms with E-state index < -0.39 is 0 Å². The Labute approximate surface area is 96.0 Å². The molecule has 15 heavy (non-hydrogen) atoms. The molecular formula is C14H15Cl. The highest BCUT2D eigenvalue weighted by Gasteiger charge is 2.41. The second-order valence-electron chi connectivity index (χ2n) is 4.85. The molecule has 3 rings (SSSR count). The monoisotopic (exact) mass is 218 g/mol. The lowest BCUT2D eigenvalue weighted by atomic mass is 9.80. The summed E-state index contributed by atoms with van der Waals surface area (Å²) in [4.78, 5) is 0. The summed E-state index contributed by atoms with van der Waals surface area (Å²) in [6.07, 6.45) is 8.83. The first-order valence-electron chi connectivity index (χ1n) is 5.67. The van der Waals surface area contributed by atoms with Crippen molar-refractivity contribution in [2.24, 2.45) is 5.92 Å². The molecular weight excluding hydrogens is 204 g/mol. The first-order chi connectivity index (χ1) is 7.32. The first-order valence-corrected chi connectivity index (χ1v) is 6.21. The Bertz CT molecular complexity index is 408. The second-order valence-corrected chi connectivity index (χ2v) is 5.12. The number of fused-ring (bicyclic) bond motifs is 2. The van der Waals surface area contributed by atoms with E-state index in [1.54, 1.807) is 0 Å². The van der Waals surface area contributed by atoms with Crippen molar-refractivity contribution in [3.05, 3.63) is 47.5 Å². The maximum atomic E-state index is 5.89. The molecule has 0 amide bonds. The molecule has 0 radical (unpaired) electrons. The lowest BCUT2D eigenvalue weighted by Gasteiger charge is -2.24. The van der Waals surface area contributed by atoms with Crippen LogP contribution in [-0.4, -0.2) is 0 Å². The SMILES string of the molecule is ClCc1cccc(C23C=CC(CC2)C3)c1. The quantitative estimate of drug-likeness (QED) is 0.519. The van der Waals surface area contributed by atoms with Gasteiger partial charge in [-0.05, 0) is 36.3 Å². The predicted octanol–water partition coefficient (Wildman–Crippen LogP) is 4.03. The molecule has 1 aromatic carbocycles. The van der Waals surface area contributed by atoms with Crippen molar-refractivity contribution in [1.29, 1.82) is 0 Å². The Morgan fingerprint density at radius 2 is 2.33 bits per heavy atom. The predicted molar refractivity (Wildman–Crippen MR) is 64.2 cm³/mol. The van der Waals surface area contributed by atoms with E-state index in [4.69, 9.17) is 11.6 Å². The average molecular weight is 219 g/mol. The van der Waals surface area contributed by atoms with Gasteiger partial charge >= 0.3 is 0 Å². The number of hydrogen-bond acceptors (Lipinski definition) is 0. The van der Waals surface area contributed by atoms with Gasteiger partial charge in [0.1, 0.15) is 0 Å². The molecule has 1 heteroatoms. The highest BCUT2D eigenvalue weighted by Crippen LogP contribution is 2.50. The Morgan fingerprint density at radius 3 is 2.93 bits per heavy atom. The zero-order valence-electron chi connectivity index (χ0n) is 8.75. The smallest absolute Gasteiger partial charge is 0.0474 e. The summed E-state index contributed by atoms with van der Waals surface area (Å²) >= 11 is 5.89. The van der Waals surface area contributed by atoms with Gasteiger partial charge < -0.3 is 0 Å². The molecule has 0 nitrogen and oxygen atoms in total. The van der Waals surface area contributed by atoms with Crippen molar-refractivity contribution in [2.45, 2.75) is 30.6 Å². The average Bonchev–Trinajstić information content (AvgIpc) is 2.90. The largest absolute Gasteiger partial charge is 0.122 e. The molecule has 2 unspecified atom stereocenters. The van der Waals surface area contributed by atoms with Crippen molar-refractivity contribution in [3.8, 4) is 0 Å². The Balaban J connectivity index is 2.02. The number of alkyl halides is 1. The van der Waals surface area contributed by atoms with E-state index in [0.29, 0.717) is 11.3 Å². The van der Waals surface area contributed by atoms with Crippen molar-refractivity contribution in [1.82, 2.24) is 0 Å². The van der Waals surface area contributed by atoms with Crippen LogP contribution in [0.15, 0.2) is 36.4 Å². The molecule has 78 valence electrons. The minimum absolute atomic E-state index is 0.354. The van der Waals surface area contributed by atoms with Gasteiger partial charge in [-0.1, -0.05) is 36.4 Å². The molecule has 2 aliphatic carbocycles. The summed E-state index contributed by atoms with van der Waals surface area (Å²) in [7, 11) is 0. The number of halogens is 1. The van der Waals surface area contributed by atoms with Gasteiger partial charge in [0, 0.05) is 11.3 Å². The van der Waals surface area contributed by atoms with Gasteiger partial charge in [0.05, 0.1) is 0 Å². The van der Waals surface area contributed by atoms with Gasteiger partial charge in [-0.2, -0.15) is 0 Å². The number of rotatable bonds is 2. The number of hydrogen-bond donors (Lipinski definition) is 0. The molecule has 1 saturated carbocycles. The standard InChI is InChI=1S/C14H15Cl/c15-10-12-2-1-3-13(8-12)14-6-4-11(9-14)5-7-14/h1-4,6,8,11H,5,7,9-10H2. The van der Waals surface area contributed by atoms with Crippen molar-refractivity contribution >= 4 is 11.6 Å². The molecule has 0 heterocycles. The van der Waals surface area contributed by atoms with E-state index in [1.807, 2.05) is 0 Å². The van der Waals surface area contributed by atoms with Gasteiger partial charge in [0.25, 0.3) is 0 Å². The highest BCUT2D eigenvalue weighted by molar-refractivity contribution is 6.17. The van der Waals surface area contributed by atoms with Crippen molar-refractivity contribution in [2.75, 3.05) is 0 Å². The molecule has 1 fully saturated rings. The molecule has 0 saturated heterocycles. The van der Waals surface area contributed by atoms with Crippen LogP contribution >= 0.6 is 11.6 Å². The Kier molecular flexibility index (Phi) is 2.14. The summed E-state index contributed by atoms with van der Waals surface area (Å²) in [5, 5.41) is 0. The van der Waals surface area contributed by atoms with Crippen LogP contribution in [0.2, 0.25) is 0 Å². The summed E-state index contributed by atoms with van der Waals surface area (Å²) in [6, 6.07) is 8.79. The van der Waals surface area contributed by atoms with Crippen molar-refractivity contribution in [3.63, 3.8) is 0 Å². The van der Waals surface area contributed by atoms with E-state index in [1.165, 1.54) is 30.4 Å². The van der Waals surface area contributed by atoms with Crippen LogP contribution in [0, 0.1) is 5.92 Å². The summed E-state index contributed by atoms with van der Waals surface area (Å²) in [5.41, 5.74) is 3.07. The number of benzene rings is 1. The third kappa shape index (κ3) is 1.43. The van der Waals surface area contributed by atoms with Crippen LogP contribution in [0.5, 0.6) is 0 Å². The van der Waals surface area contributed by atoms with E-state index >= 15 is 0 Å². The zero-order chi connectivity index (χ0) is 10.3. The van der Waals surface area contributed by atoms with Gasteiger partial charge in [0.15, 0.2) is 0 Å². The van der Waals surface area contributed by atoms with E-state index in [2.05, 4.69) is 36.4 Å². The fourth-order valence-corrected chi connectivity index (χ4v) is 3.24. The molecule has 0 N–H and O–H groups in total. The minimum atomic E-state index is 0.354. The van der Waals surface area contributed by atoms with Crippen molar-refractivity contribution < 1.29 is 0 Å². The van der Waals surface area contributed by atoms with E-state index in [-0.39, 0.29) is 0 Å². The third-order valence-corrected chi connectivity index (χ3v) is 4.24. The lowest BCUT2D eigenvalue weighted by molar-refractivity contribution is 0.566. The molecule has 2 bridgehead atoms. The Morgan fingerprint density at radius 1 is 1.40 bits per heavy atom. The summed E-state index contributed by atoms with van der Waals surface area (Å²) < 4.78 is 0. The van der Waals surface area contributed by atoms with Crippen LogP contribution in [0.3, 0.4) is 0 Å². The maximum absolute atomic E-state index is 5.89. The lowest BCUT2D eigenvalue weighted by Crippen LogP contribution is -2.17. The maximum Gasteiger partial charge on any atom is 0.0474 e. The van der Waals surface area contributed by atoms with Crippen LogP contribution in [0.25, 0.3) is 0 Å². The van der Waals surface area contributed by atoms with E-state index in [9.17, 15) is 0 Å². The molecule has 0 aromatic heterocycles. The normalized spacial score (nSPS) is 32.5. The Hall–Kier alpha value is -0.750. The molecule has 2 aliphatic rings. The van der Waals surface area contributed by atoms with Crippen LogP contribution in [0.1, 0.15) is 30.4 Å². The van der Waals surface area contributed by atoms with Crippen LogP contribution < -0.4 is 0 Å². The fraction of sp³-hybridized carbons (Fsp3) is 0.429. The molecule has 0 spiro atoms. The first kappa shape index (κ1) is 9.47. The molecule has 1 aromatic rings. The van der Waals surface area contributed by atoms with Gasteiger partial charge in [-0.15, -0.1) is 11.6 Å². The van der Waals surface area contributed by atoms with Gasteiger partial charge in [-0.3, -0.25) is 0 Å². The topological polar surface area (TPSA) is 0 Å². The second kappa shape index (κ2) is 3.38. The fourth-order valence-electron chi connectivity index (χ4n) is 3.07. The van der Waals surface area contributed by atoms with E-state index in [0.717, 1.165) is 5.92 Å². The number of allylic oxidation sites excluding steroid dienone is 2. The van der Waals surface area contributed by atoms with Gasteiger partial charge in [0.2, 0.25) is 0 Å². The summed E-state index contributed by atoms with van der Waals surface area (Å²) in [6.45, 7) is 0. The molecule has 0 aliphatic heterocycles.